The van der Waals surface area contributed by atoms with Gasteiger partial charge in [0.25, 0.3) is 5.91 Å². The van der Waals surface area contributed by atoms with E-state index in [2.05, 4.69) is 0 Å². The van der Waals surface area contributed by atoms with Crippen LogP contribution in [0, 0.1) is 5.82 Å². The van der Waals surface area contributed by atoms with Gasteiger partial charge < -0.3 is 9.64 Å². The Morgan fingerprint density at radius 1 is 1.25 bits per heavy atom. The van der Waals surface area contributed by atoms with Crippen LogP contribution in [0.3, 0.4) is 0 Å². The molecule has 0 spiro atoms. The summed E-state index contributed by atoms with van der Waals surface area (Å²) in [7, 11) is 0. The maximum Gasteiger partial charge on any atom is 0.327 e. The minimum Gasteiger partial charge on any atom is -0.492 e. The van der Waals surface area contributed by atoms with E-state index in [1.807, 2.05) is 0 Å². The van der Waals surface area contributed by atoms with Crippen molar-refractivity contribution in [2.75, 3.05) is 19.7 Å². The number of hydrogen-bond donors (Lipinski definition) is 0. The van der Waals surface area contributed by atoms with Gasteiger partial charge in [0, 0.05) is 6.54 Å². The molecule has 1 unspecified atom stereocenters. The second-order valence-corrected chi connectivity index (χ2v) is 4.93. The van der Waals surface area contributed by atoms with Gasteiger partial charge in [-0.1, -0.05) is 0 Å². The number of imide groups is 1. The Labute approximate surface area is 115 Å². The number of urea groups is 1. The van der Waals surface area contributed by atoms with Crippen LogP contribution in [0.1, 0.15) is 12.8 Å². The van der Waals surface area contributed by atoms with Crippen LogP contribution >= 0.6 is 0 Å². The fourth-order valence-corrected chi connectivity index (χ4v) is 2.67. The SMILES string of the molecule is O=C1C2CCCN2C(=O)N1CCOc1ccc(F)cc1. The maximum atomic E-state index is 12.7. The van der Waals surface area contributed by atoms with Crippen LogP contribution < -0.4 is 4.74 Å². The van der Waals surface area contributed by atoms with Gasteiger partial charge in [-0.15, -0.1) is 0 Å². The molecule has 3 rings (SSSR count). The van der Waals surface area contributed by atoms with E-state index < -0.39 is 0 Å². The van der Waals surface area contributed by atoms with E-state index in [4.69, 9.17) is 4.74 Å². The van der Waals surface area contributed by atoms with E-state index in [-0.39, 0.29) is 36.9 Å². The van der Waals surface area contributed by atoms with E-state index in [9.17, 15) is 14.0 Å². The smallest absolute Gasteiger partial charge is 0.327 e. The van der Waals surface area contributed by atoms with E-state index in [0.29, 0.717) is 12.3 Å². The Morgan fingerprint density at radius 2 is 2.00 bits per heavy atom. The van der Waals surface area contributed by atoms with Crippen molar-refractivity contribution in [1.82, 2.24) is 9.80 Å². The average Bonchev–Trinajstić information content (AvgIpc) is 3.00. The Morgan fingerprint density at radius 3 is 2.70 bits per heavy atom. The summed E-state index contributed by atoms with van der Waals surface area (Å²) >= 11 is 0. The molecule has 1 aromatic rings. The normalized spacial score (nSPS) is 21.6. The molecule has 2 saturated heterocycles. The third kappa shape index (κ3) is 2.21. The molecular formula is C14H15FN2O3. The highest BCUT2D eigenvalue weighted by molar-refractivity contribution is 6.04. The number of benzene rings is 1. The standard InChI is InChI=1S/C14H15FN2O3/c15-10-3-5-11(6-4-10)20-9-8-17-13(18)12-2-1-7-16(12)14(17)19/h3-6,12H,1-2,7-9H2. The molecule has 2 fully saturated rings. The van der Waals surface area contributed by atoms with Crippen molar-refractivity contribution in [3.8, 4) is 5.75 Å². The van der Waals surface area contributed by atoms with Crippen LogP contribution in [0.25, 0.3) is 0 Å². The van der Waals surface area contributed by atoms with E-state index in [0.717, 1.165) is 12.8 Å². The lowest BCUT2D eigenvalue weighted by atomic mass is 10.2. The fraction of sp³-hybridized carbons (Fsp3) is 0.429. The Kier molecular flexibility index (Phi) is 3.30. The van der Waals surface area contributed by atoms with Crippen molar-refractivity contribution in [3.63, 3.8) is 0 Å². The van der Waals surface area contributed by atoms with Crippen LogP contribution in [0.2, 0.25) is 0 Å². The first kappa shape index (κ1) is 12.9. The Hall–Kier alpha value is -2.11. The van der Waals surface area contributed by atoms with Crippen LogP contribution in [0.5, 0.6) is 5.75 Å². The number of amides is 3. The van der Waals surface area contributed by atoms with Crippen molar-refractivity contribution in [3.05, 3.63) is 30.1 Å². The van der Waals surface area contributed by atoms with Gasteiger partial charge in [0.05, 0.1) is 6.54 Å². The molecule has 0 radical (unpaired) electrons. The highest BCUT2D eigenvalue weighted by Crippen LogP contribution is 2.27. The topological polar surface area (TPSA) is 49.9 Å². The Bertz CT molecular complexity index is 510. The largest absolute Gasteiger partial charge is 0.492 e. The summed E-state index contributed by atoms with van der Waals surface area (Å²) in [5, 5.41) is 0. The van der Waals surface area contributed by atoms with E-state index in [1.54, 1.807) is 4.90 Å². The molecule has 2 heterocycles. The molecule has 3 amide bonds. The lowest BCUT2D eigenvalue weighted by Gasteiger charge is -2.15. The molecule has 2 aliphatic heterocycles. The van der Waals surface area contributed by atoms with Crippen molar-refractivity contribution in [1.29, 1.82) is 0 Å². The van der Waals surface area contributed by atoms with Gasteiger partial charge in [0.2, 0.25) is 0 Å². The zero-order valence-electron chi connectivity index (χ0n) is 10.9. The third-order valence-corrected chi connectivity index (χ3v) is 3.68. The van der Waals surface area contributed by atoms with E-state index >= 15 is 0 Å². The highest BCUT2D eigenvalue weighted by Gasteiger charge is 2.46. The lowest BCUT2D eigenvalue weighted by molar-refractivity contribution is -0.128. The molecule has 0 aliphatic carbocycles. The number of carbonyl (C=O) groups excluding carboxylic acids is 2. The Balaban J connectivity index is 1.55. The first-order valence-corrected chi connectivity index (χ1v) is 6.67. The molecule has 0 saturated carbocycles. The molecule has 1 aromatic carbocycles. The molecule has 0 N–H and O–H groups in total. The summed E-state index contributed by atoms with van der Waals surface area (Å²) in [4.78, 5) is 26.9. The van der Waals surface area contributed by atoms with Crippen molar-refractivity contribution in [2.45, 2.75) is 18.9 Å². The molecular weight excluding hydrogens is 263 g/mol. The van der Waals surface area contributed by atoms with Crippen molar-refractivity contribution >= 4 is 11.9 Å². The first-order chi connectivity index (χ1) is 9.66. The average molecular weight is 278 g/mol. The molecule has 6 heteroatoms. The minimum absolute atomic E-state index is 0.129. The molecule has 20 heavy (non-hydrogen) atoms. The molecule has 5 nitrogen and oxygen atoms in total. The second kappa shape index (κ2) is 5.11. The molecule has 2 aliphatic rings. The summed E-state index contributed by atoms with van der Waals surface area (Å²) in [5.41, 5.74) is 0. The summed E-state index contributed by atoms with van der Waals surface area (Å²) in [6.45, 7) is 1.09. The summed E-state index contributed by atoms with van der Waals surface area (Å²) in [5.74, 6) is 0.0593. The zero-order chi connectivity index (χ0) is 14.1. The third-order valence-electron chi connectivity index (χ3n) is 3.68. The number of fused-ring (bicyclic) bond motifs is 1. The monoisotopic (exact) mass is 278 g/mol. The number of nitrogens with zero attached hydrogens (tertiary/aromatic N) is 2. The highest BCUT2D eigenvalue weighted by atomic mass is 19.1. The van der Waals surface area contributed by atoms with Crippen LogP contribution in [-0.2, 0) is 4.79 Å². The first-order valence-electron chi connectivity index (χ1n) is 6.67. The number of ether oxygens (including phenoxy) is 1. The molecule has 0 bridgehead atoms. The summed E-state index contributed by atoms with van der Waals surface area (Å²) < 4.78 is 18.1. The molecule has 1 atom stereocenters. The van der Waals surface area contributed by atoms with Gasteiger partial charge in [0.1, 0.15) is 24.2 Å². The van der Waals surface area contributed by atoms with Crippen molar-refractivity contribution in [2.24, 2.45) is 0 Å². The van der Waals surface area contributed by atoms with Crippen molar-refractivity contribution < 1.29 is 18.7 Å². The zero-order valence-corrected chi connectivity index (χ0v) is 10.9. The predicted molar refractivity (Wildman–Crippen MR) is 68.7 cm³/mol. The maximum absolute atomic E-state index is 12.7. The van der Waals surface area contributed by atoms with Gasteiger partial charge in [-0.05, 0) is 37.1 Å². The summed E-state index contributed by atoms with van der Waals surface area (Å²) in [6.07, 6.45) is 1.64. The van der Waals surface area contributed by atoms with Gasteiger partial charge in [-0.25, -0.2) is 9.18 Å². The van der Waals surface area contributed by atoms with Gasteiger partial charge in [-0.2, -0.15) is 0 Å². The second-order valence-electron chi connectivity index (χ2n) is 4.93. The summed E-state index contributed by atoms with van der Waals surface area (Å²) in [6, 6.07) is 5.14. The molecule has 106 valence electrons. The van der Waals surface area contributed by atoms with Crippen LogP contribution in [0.15, 0.2) is 24.3 Å². The number of hydrogen-bond acceptors (Lipinski definition) is 3. The van der Waals surface area contributed by atoms with Gasteiger partial charge in [-0.3, -0.25) is 9.69 Å². The van der Waals surface area contributed by atoms with Gasteiger partial charge in [0.15, 0.2) is 0 Å². The quantitative estimate of drug-likeness (QED) is 0.787. The number of rotatable bonds is 4. The fourth-order valence-electron chi connectivity index (χ4n) is 2.67. The predicted octanol–water partition coefficient (Wildman–Crippen LogP) is 1.63. The van der Waals surface area contributed by atoms with E-state index in [1.165, 1.54) is 29.2 Å². The minimum atomic E-state index is -0.331. The van der Waals surface area contributed by atoms with Gasteiger partial charge >= 0.3 is 6.03 Å². The molecule has 0 aromatic heterocycles. The number of halogens is 1. The van der Waals surface area contributed by atoms with Crippen LogP contribution in [0.4, 0.5) is 9.18 Å². The number of carbonyl (C=O) groups is 2. The van der Waals surface area contributed by atoms with Crippen LogP contribution in [-0.4, -0.2) is 47.5 Å². The lowest BCUT2D eigenvalue weighted by Crippen LogP contribution is -2.36.